The van der Waals surface area contributed by atoms with Crippen LogP contribution in [0.5, 0.6) is 0 Å². The molecule has 6 nitrogen and oxygen atoms in total. The fraction of sp³-hybridized carbons (Fsp3) is 0.346. The lowest BCUT2D eigenvalue weighted by Crippen LogP contribution is -2.47. The van der Waals surface area contributed by atoms with E-state index in [0.717, 1.165) is 60.2 Å². The van der Waals surface area contributed by atoms with Gasteiger partial charge in [0, 0.05) is 37.6 Å². The SMILES string of the molecule is Cc1ccc2nc(N3CCN(c4cccc(C)c4C)CC3)c(-n3nc(C)cc3C)nc2c1. The maximum Gasteiger partial charge on any atom is 0.197 e. The van der Waals surface area contributed by atoms with Crippen LogP contribution >= 0.6 is 0 Å². The summed E-state index contributed by atoms with van der Waals surface area (Å²) in [6, 6.07) is 14.9. The Balaban J connectivity index is 1.52. The highest BCUT2D eigenvalue weighted by atomic mass is 15.4. The molecule has 0 saturated carbocycles. The summed E-state index contributed by atoms with van der Waals surface area (Å²) in [6.07, 6.45) is 0. The van der Waals surface area contributed by atoms with Gasteiger partial charge in [-0.25, -0.2) is 14.6 Å². The van der Waals surface area contributed by atoms with Crippen LogP contribution in [-0.2, 0) is 0 Å². The van der Waals surface area contributed by atoms with Gasteiger partial charge in [0.25, 0.3) is 0 Å². The van der Waals surface area contributed by atoms with E-state index in [1.807, 2.05) is 11.6 Å². The zero-order valence-corrected chi connectivity index (χ0v) is 19.6. The summed E-state index contributed by atoms with van der Waals surface area (Å²) < 4.78 is 1.94. The van der Waals surface area contributed by atoms with E-state index in [1.54, 1.807) is 0 Å². The van der Waals surface area contributed by atoms with Crippen molar-refractivity contribution in [2.75, 3.05) is 36.0 Å². The van der Waals surface area contributed by atoms with E-state index in [4.69, 9.17) is 15.1 Å². The van der Waals surface area contributed by atoms with Crippen LogP contribution in [0.1, 0.15) is 28.1 Å². The minimum absolute atomic E-state index is 0.814. The van der Waals surface area contributed by atoms with Crippen LogP contribution in [0.15, 0.2) is 42.5 Å². The Morgan fingerprint density at radius 3 is 2.16 bits per heavy atom. The molecule has 32 heavy (non-hydrogen) atoms. The first kappa shape index (κ1) is 20.5. The van der Waals surface area contributed by atoms with Crippen molar-refractivity contribution in [3.63, 3.8) is 0 Å². The second kappa shape index (κ2) is 7.93. The fourth-order valence-electron chi connectivity index (χ4n) is 4.58. The molecule has 1 aliphatic rings. The van der Waals surface area contributed by atoms with Crippen molar-refractivity contribution in [2.24, 2.45) is 0 Å². The summed E-state index contributed by atoms with van der Waals surface area (Å²) in [4.78, 5) is 15.0. The first-order valence-electron chi connectivity index (χ1n) is 11.3. The second-order valence-electron chi connectivity index (χ2n) is 8.90. The molecule has 0 amide bonds. The normalized spacial score (nSPS) is 14.4. The van der Waals surface area contributed by atoms with Crippen LogP contribution < -0.4 is 9.80 Å². The standard InChI is InChI=1S/C26H30N6/c1-17-9-10-22-23(15-17)28-26(32-20(4)16-19(3)29-32)25(27-22)31-13-11-30(12-14-31)24-8-6-7-18(2)21(24)5/h6-10,15-16H,11-14H2,1-5H3. The van der Waals surface area contributed by atoms with Gasteiger partial charge in [0.15, 0.2) is 11.6 Å². The number of piperazine rings is 1. The molecule has 1 saturated heterocycles. The van der Waals surface area contributed by atoms with Gasteiger partial charge in [0.2, 0.25) is 0 Å². The molecule has 0 unspecified atom stereocenters. The monoisotopic (exact) mass is 426 g/mol. The topological polar surface area (TPSA) is 50.1 Å². The fourth-order valence-corrected chi connectivity index (χ4v) is 4.58. The van der Waals surface area contributed by atoms with Crippen LogP contribution in [0.4, 0.5) is 11.5 Å². The van der Waals surface area contributed by atoms with E-state index in [1.165, 1.54) is 22.4 Å². The van der Waals surface area contributed by atoms with Gasteiger partial charge < -0.3 is 9.80 Å². The van der Waals surface area contributed by atoms with Crippen molar-refractivity contribution >= 4 is 22.5 Å². The van der Waals surface area contributed by atoms with Crippen molar-refractivity contribution < 1.29 is 0 Å². The molecular weight excluding hydrogens is 396 g/mol. The van der Waals surface area contributed by atoms with Crippen molar-refractivity contribution in [2.45, 2.75) is 34.6 Å². The number of rotatable bonds is 3. The number of anilines is 2. The molecule has 1 aliphatic heterocycles. The molecule has 164 valence electrons. The predicted octanol–water partition coefficient (Wildman–Crippen LogP) is 4.68. The maximum absolute atomic E-state index is 5.08. The number of aryl methyl sites for hydroxylation is 4. The Morgan fingerprint density at radius 2 is 1.44 bits per heavy atom. The molecule has 2 aromatic heterocycles. The molecule has 0 bridgehead atoms. The molecule has 1 fully saturated rings. The molecule has 2 aromatic carbocycles. The Hall–Kier alpha value is -3.41. The molecule has 0 atom stereocenters. The van der Waals surface area contributed by atoms with Crippen molar-refractivity contribution in [3.05, 3.63) is 70.5 Å². The zero-order chi connectivity index (χ0) is 22.4. The van der Waals surface area contributed by atoms with Crippen LogP contribution in [0, 0.1) is 34.6 Å². The van der Waals surface area contributed by atoms with E-state index in [-0.39, 0.29) is 0 Å². The smallest absolute Gasteiger partial charge is 0.197 e. The highest BCUT2D eigenvalue weighted by Crippen LogP contribution is 2.29. The first-order valence-corrected chi connectivity index (χ1v) is 11.3. The summed E-state index contributed by atoms with van der Waals surface area (Å²) in [6.45, 7) is 14.3. The number of aromatic nitrogens is 4. The lowest BCUT2D eigenvalue weighted by molar-refractivity contribution is 0.641. The minimum atomic E-state index is 0.814. The van der Waals surface area contributed by atoms with Crippen molar-refractivity contribution in [1.29, 1.82) is 0 Å². The number of hydrogen-bond donors (Lipinski definition) is 0. The predicted molar refractivity (Wildman–Crippen MR) is 131 cm³/mol. The highest BCUT2D eigenvalue weighted by molar-refractivity contribution is 5.79. The van der Waals surface area contributed by atoms with E-state index >= 15 is 0 Å². The molecule has 0 N–H and O–H groups in total. The third kappa shape index (κ3) is 3.60. The quantitative estimate of drug-likeness (QED) is 0.476. The average molecular weight is 427 g/mol. The van der Waals surface area contributed by atoms with Gasteiger partial charge in [0.05, 0.1) is 16.7 Å². The van der Waals surface area contributed by atoms with Crippen LogP contribution in [0.2, 0.25) is 0 Å². The van der Waals surface area contributed by atoms with Gasteiger partial charge in [-0.1, -0.05) is 18.2 Å². The summed E-state index contributed by atoms with van der Waals surface area (Å²) in [5, 5.41) is 4.73. The Labute approximate surface area is 189 Å². The van der Waals surface area contributed by atoms with E-state index in [2.05, 4.69) is 80.0 Å². The molecule has 0 spiro atoms. The van der Waals surface area contributed by atoms with E-state index < -0.39 is 0 Å². The lowest BCUT2D eigenvalue weighted by atomic mass is 10.1. The second-order valence-corrected chi connectivity index (χ2v) is 8.90. The third-order valence-electron chi connectivity index (χ3n) is 6.49. The maximum atomic E-state index is 5.08. The van der Waals surface area contributed by atoms with E-state index in [0.29, 0.717) is 0 Å². The molecule has 6 heteroatoms. The van der Waals surface area contributed by atoms with Crippen molar-refractivity contribution in [1.82, 2.24) is 19.7 Å². The summed E-state index contributed by atoms with van der Waals surface area (Å²) >= 11 is 0. The van der Waals surface area contributed by atoms with Gasteiger partial charge in [-0.05, 0) is 75.6 Å². The van der Waals surface area contributed by atoms with E-state index in [9.17, 15) is 0 Å². The Kier molecular flexibility index (Phi) is 5.08. The van der Waals surface area contributed by atoms with Gasteiger partial charge in [-0.3, -0.25) is 0 Å². The van der Waals surface area contributed by atoms with Crippen LogP contribution in [0.25, 0.3) is 16.9 Å². The Morgan fingerprint density at radius 1 is 0.719 bits per heavy atom. The zero-order valence-electron chi connectivity index (χ0n) is 19.6. The highest BCUT2D eigenvalue weighted by Gasteiger charge is 2.24. The molecule has 4 aromatic rings. The Bertz CT molecular complexity index is 1300. The molecule has 3 heterocycles. The number of benzene rings is 2. The summed E-state index contributed by atoms with van der Waals surface area (Å²) in [5.41, 5.74) is 9.11. The lowest BCUT2D eigenvalue weighted by Gasteiger charge is -2.38. The average Bonchev–Trinajstić information content (AvgIpc) is 3.12. The van der Waals surface area contributed by atoms with Crippen LogP contribution in [-0.4, -0.2) is 45.9 Å². The number of fused-ring (bicyclic) bond motifs is 1. The third-order valence-corrected chi connectivity index (χ3v) is 6.49. The summed E-state index contributed by atoms with van der Waals surface area (Å²) in [5.74, 6) is 1.72. The van der Waals surface area contributed by atoms with Crippen molar-refractivity contribution in [3.8, 4) is 5.82 Å². The largest absolute Gasteiger partial charge is 0.368 e. The molecular formula is C26H30N6. The number of nitrogens with zero attached hydrogens (tertiary/aromatic N) is 6. The summed E-state index contributed by atoms with van der Waals surface area (Å²) in [7, 11) is 0. The minimum Gasteiger partial charge on any atom is -0.368 e. The number of hydrogen-bond acceptors (Lipinski definition) is 5. The van der Waals surface area contributed by atoms with Gasteiger partial charge in [0.1, 0.15) is 0 Å². The molecule has 0 aliphatic carbocycles. The van der Waals surface area contributed by atoms with Crippen LogP contribution in [0.3, 0.4) is 0 Å². The van der Waals surface area contributed by atoms with Gasteiger partial charge in [-0.15, -0.1) is 0 Å². The molecule has 5 rings (SSSR count). The van der Waals surface area contributed by atoms with Gasteiger partial charge >= 0.3 is 0 Å². The molecule has 0 radical (unpaired) electrons. The first-order chi connectivity index (χ1) is 15.4. The van der Waals surface area contributed by atoms with Gasteiger partial charge in [-0.2, -0.15) is 5.10 Å².